The fraction of sp³-hybridized carbons (Fsp3) is 0.500. The predicted molar refractivity (Wildman–Crippen MR) is 51.1 cm³/mol. The zero-order valence-electron chi connectivity index (χ0n) is 6.23. The van der Waals surface area contributed by atoms with Gasteiger partial charge in [0.1, 0.15) is 0 Å². The van der Waals surface area contributed by atoms with Gasteiger partial charge in [-0.15, -0.1) is 0 Å². The predicted octanol–water partition coefficient (Wildman–Crippen LogP) is 3.42. The van der Waals surface area contributed by atoms with E-state index in [4.69, 9.17) is 0 Å². The van der Waals surface area contributed by atoms with Gasteiger partial charge < -0.3 is 0 Å². The number of hydrogen-bond acceptors (Lipinski definition) is 1. The summed E-state index contributed by atoms with van der Waals surface area (Å²) in [4.78, 5) is 0. The van der Waals surface area contributed by atoms with Crippen molar-refractivity contribution in [3.05, 3.63) is 22.4 Å². The number of thiophene rings is 1. The van der Waals surface area contributed by atoms with Gasteiger partial charge in [-0.3, -0.25) is 0 Å². The standard InChI is InChI=1S/C8H11BrS/c1-8(2,6-9)7-3-4-10-5-7/h3-5H,6H2,1-2H3. The molecule has 0 saturated carbocycles. The Morgan fingerprint density at radius 1 is 1.60 bits per heavy atom. The molecule has 0 aliphatic rings. The van der Waals surface area contributed by atoms with Crippen LogP contribution in [-0.2, 0) is 5.41 Å². The van der Waals surface area contributed by atoms with E-state index in [9.17, 15) is 0 Å². The third-order valence-corrected chi connectivity index (χ3v) is 3.72. The summed E-state index contributed by atoms with van der Waals surface area (Å²) < 4.78 is 0. The molecule has 0 N–H and O–H groups in total. The molecule has 0 spiro atoms. The quantitative estimate of drug-likeness (QED) is 0.668. The Hall–Kier alpha value is 0.180. The van der Waals surface area contributed by atoms with Crippen molar-refractivity contribution in [1.82, 2.24) is 0 Å². The summed E-state index contributed by atoms with van der Waals surface area (Å²) in [7, 11) is 0. The van der Waals surface area contributed by atoms with E-state index in [0.717, 1.165) is 5.33 Å². The molecular formula is C8H11BrS. The van der Waals surface area contributed by atoms with Gasteiger partial charge in [0, 0.05) is 10.7 Å². The van der Waals surface area contributed by atoms with E-state index >= 15 is 0 Å². The first-order valence-electron chi connectivity index (χ1n) is 3.25. The fourth-order valence-electron chi connectivity index (χ4n) is 0.727. The van der Waals surface area contributed by atoms with E-state index in [1.54, 1.807) is 11.3 Å². The van der Waals surface area contributed by atoms with Crippen molar-refractivity contribution < 1.29 is 0 Å². The minimum absolute atomic E-state index is 0.292. The fourth-order valence-corrected chi connectivity index (χ4v) is 1.90. The first kappa shape index (κ1) is 8.28. The van der Waals surface area contributed by atoms with Gasteiger partial charge in [-0.05, 0) is 22.4 Å². The van der Waals surface area contributed by atoms with E-state index in [1.807, 2.05) is 0 Å². The molecule has 0 nitrogen and oxygen atoms in total. The molecule has 10 heavy (non-hydrogen) atoms. The molecule has 56 valence electrons. The van der Waals surface area contributed by atoms with E-state index in [2.05, 4.69) is 46.6 Å². The molecule has 0 aromatic carbocycles. The van der Waals surface area contributed by atoms with Gasteiger partial charge in [-0.1, -0.05) is 29.8 Å². The summed E-state index contributed by atoms with van der Waals surface area (Å²) in [6, 6.07) is 2.19. The van der Waals surface area contributed by atoms with Crippen LogP contribution in [0.2, 0.25) is 0 Å². The van der Waals surface area contributed by atoms with Crippen LogP contribution in [0, 0.1) is 0 Å². The van der Waals surface area contributed by atoms with Crippen LogP contribution in [0.5, 0.6) is 0 Å². The lowest BCUT2D eigenvalue weighted by atomic mass is 9.89. The normalized spacial score (nSPS) is 11.9. The first-order chi connectivity index (χ1) is 4.67. The zero-order chi connectivity index (χ0) is 7.61. The Labute approximate surface area is 74.4 Å². The maximum atomic E-state index is 3.50. The summed E-state index contributed by atoms with van der Waals surface area (Å²) in [5, 5.41) is 5.36. The molecule has 1 heterocycles. The van der Waals surface area contributed by atoms with E-state index < -0.39 is 0 Å². The van der Waals surface area contributed by atoms with Gasteiger partial charge in [0.15, 0.2) is 0 Å². The molecule has 0 amide bonds. The Bertz CT molecular complexity index is 189. The van der Waals surface area contributed by atoms with Gasteiger partial charge in [-0.25, -0.2) is 0 Å². The van der Waals surface area contributed by atoms with E-state index in [-0.39, 0.29) is 0 Å². The highest BCUT2D eigenvalue weighted by molar-refractivity contribution is 9.09. The molecule has 1 aromatic rings. The largest absolute Gasteiger partial charge is 0.152 e. The molecule has 0 saturated heterocycles. The average molecular weight is 219 g/mol. The minimum Gasteiger partial charge on any atom is -0.152 e. The monoisotopic (exact) mass is 218 g/mol. The number of alkyl halides is 1. The van der Waals surface area contributed by atoms with Gasteiger partial charge in [0.25, 0.3) is 0 Å². The minimum atomic E-state index is 0.292. The SMILES string of the molecule is CC(C)(CBr)c1ccsc1. The lowest BCUT2D eigenvalue weighted by molar-refractivity contribution is 0.609. The molecular weight excluding hydrogens is 208 g/mol. The Morgan fingerprint density at radius 3 is 2.70 bits per heavy atom. The van der Waals surface area contributed by atoms with Crippen LogP contribution in [0.3, 0.4) is 0 Å². The summed E-state index contributed by atoms with van der Waals surface area (Å²) in [5.74, 6) is 0. The molecule has 0 fully saturated rings. The van der Waals surface area contributed by atoms with Crippen molar-refractivity contribution in [2.75, 3.05) is 5.33 Å². The van der Waals surface area contributed by atoms with Gasteiger partial charge >= 0.3 is 0 Å². The van der Waals surface area contributed by atoms with Crippen LogP contribution < -0.4 is 0 Å². The van der Waals surface area contributed by atoms with Crippen molar-refractivity contribution >= 4 is 27.3 Å². The molecule has 0 radical (unpaired) electrons. The second-order valence-corrected chi connectivity index (χ2v) is 4.37. The Morgan fingerprint density at radius 2 is 2.30 bits per heavy atom. The molecule has 0 aliphatic heterocycles. The Balaban J connectivity index is 2.85. The maximum Gasteiger partial charge on any atom is 0.0123 e. The first-order valence-corrected chi connectivity index (χ1v) is 5.32. The maximum absolute atomic E-state index is 3.50. The molecule has 0 bridgehead atoms. The highest BCUT2D eigenvalue weighted by atomic mass is 79.9. The summed E-state index contributed by atoms with van der Waals surface area (Å²) in [6.07, 6.45) is 0. The molecule has 1 aromatic heterocycles. The highest BCUT2D eigenvalue weighted by Gasteiger charge is 2.18. The van der Waals surface area contributed by atoms with Crippen LogP contribution in [0.15, 0.2) is 16.8 Å². The molecule has 1 rings (SSSR count). The van der Waals surface area contributed by atoms with Crippen molar-refractivity contribution in [1.29, 1.82) is 0 Å². The Kier molecular flexibility index (Phi) is 2.53. The van der Waals surface area contributed by atoms with Crippen molar-refractivity contribution in [3.8, 4) is 0 Å². The summed E-state index contributed by atoms with van der Waals surface area (Å²) in [5.41, 5.74) is 1.72. The highest BCUT2D eigenvalue weighted by Crippen LogP contribution is 2.26. The van der Waals surface area contributed by atoms with Crippen LogP contribution >= 0.6 is 27.3 Å². The van der Waals surface area contributed by atoms with E-state index in [1.165, 1.54) is 5.56 Å². The number of rotatable bonds is 2. The average Bonchev–Trinajstić information content (AvgIpc) is 2.38. The molecule has 0 unspecified atom stereocenters. The lowest BCUT2D eigenvalue weighted by Gasteiger charge is -2.19. The van der Waals surface area contributed by atoms with Crippen molar-refractivity contribution in [3.63, 3.8) is 0 Å². The van der Waals surface area contributed by atoms with Crippen LogP contribution in [0.1, 0.15) is 19.4 Å². The van der Waals surface area contributed by atoms with Crippen molar-refractivity contribution in [2.45, 2.75) is 19.3 Å². The molecule has 0 aliphatic carbocycles. The third kappa shape index (κ3) is 1.61. The number of halogens is 1. The third-order valence-electron chi connectivity index (χ3n) is 1.64. The smallest absolute Gasteiger partial charge is 0.0123 e. The van der Waals surface area contributed by atoms with Crippen LogP contribution in [0.4, 0.5) is 0 Å². The summed E-state index contributed by atoms with van der Waals surface area (Å²) in [6.45, 7) is 4.48. The number of hydrogen-bond donors (Lipinski definition) is 0. The van der Waals surface area contributed by atoms with Crippen LogP contribution in [-0.4, -0.2) is 5.33 Å². The summed E-state index contributed by atoms with van der Waals surface area (Å²) >= 11 is 5.26. The van der Waals surface area contributed by atoms with Gasteiger partial charge in [0.05, 0.1) is 0 Å². The van der Waals surface area contributed by atoms with Crippen molar-refractivity contribution in [2.24, 2.45) is 0 Å². The van der Waals surface area contributed by atoms with E-state index in [0.29, 0.717) is 5.41 Å². The molecule has 2 heteroatoms. The second kappa shape index (κ2) is 3.05. The van der Waals surface area contributed by atoms with Gasteiger partial charge in [-0.2, -0.15) is 11.3 Å². The topological polar surface area (TPSA) is 0 Å². The zero-order valence-corrected chi connectivity index (χ0v) is 8.63. The lowest BCUT2D eigenvalue weighted by Crippen LogP contribution is -2.17. The van der Waals surface area contributed by atoms with Gasteiger partial charge in [0.2, 0.25) is 0 Å². The second-order valence-electron chi connectivity index (χ2n) is 3.03. The molecule has 0 atom stereocenters. The van der Waals surface area contributed by atoms with Crippen LogP contribution in [0.25, 0.3) is 0 Å².